The lowest BCUT2D eigenvalue weighted by molar-refractivity contribution is 0.794. The normalized spacial score (nSPS) is 14.1. The molecule has 0 unspecified atom stereocenters. The standard InChI is InChI=1S/C92H58BN3/c1-5-25-59(26-6-1)61-45-51-84-86(53-61)95(65-47-49-82-74(55-65)72-37-17-23-43-80(72)91(82)76-39-19-13-33-68(76)69-34-14-20-40-77(69)91)88-57-67(94(63-29-9-3-10-30-63)64-31-11-4-12-32-64)58-89-90(88)93(84)85-52-46-62(60-27-7-2-8-28-60)54-87(85)96(89)66-48-50-83-75(56-66)73-38-18-24-44-81(73)92(83)78-41-21-15-35-70(78)71-36-16-22-42-79(71)92/h1-58H. The van der Waals surface area contributed by atoms with Gasteiger partial charge in [0.2, 0.25) is 0 Å². The van der Waals surface area contributed by atoms with Gasteiger partial charge in [0.1, 0.15) is 0 Å². The van der Waals surface area contributed by atoms with Crippen molar-refractivity contribution < 1.29 is 0 Å². The lowest BCUT2D eigenvalue weighted by atomic mass is 9.33. The molecule has 6 aliphatic rings. The highest BCUT2D eigenvalue weighted by Crippen LogP contribution is 2.66. The monoisotopic (exact) mass is 1220 g/mol. The van der Waals surface area contributed by atoms with Gasteiger partial charge in [-0.2, -0.15) is 0 Å². The molecule has 15 aromatic carbocycles. The van der Waals surface area contributed by atoms with Crippen molar-refractivity contribution in [2.45, 2.75) is 10.8 Å². The molecule has 4 heteroatoms. The van der Waals surface area contributed by atoms with Crippen molar-refractivity contribution in [3.05, 3.63) is 396 Å². The average Bonchev–Trinajstić information content (AvgIpc) is 1.05. The predicted molar refractivity (Wildman–Crippen MR) is 399 cm³/mol. The zero-order valence-corrected chi connectivity index (χ0v) is 52.4. The molecule has 4 aliphatic carbocycles. The second-order valence-electron chi connectivity index (χ2n) is 26.5. The van der Waals surface area contributed by atoms with Gasteiger partial charge >= 0.3 is 0 Å². The molecule has 15 aromatic rings. The first kappa shape index (κ1) is 53.3. The highest BCUT2D eigenvalue weighted by Gasteiger charge is 2.54. The van der Waals surface area contributed by atoms with Crippen LogP contribution in [0.25, 0.3) is 66.8 Å². The zero-order chi connectivity index (χ0) is 62.8. The van der Waals surface area contributed by atoms with Gasteiger partial charge in [0.25, 0.3) is 6.71 Å². The number of para-hydroxylation sites is 2. The highest BCUT2D eigenvalue weighted by atomic mass is 15.2. The Hall–Kier alpha value is -12.2. The summed E-state index contributed by atoms with van der Waals surface area (Å²) >= 11 is 0. The first-order valence-electron chi connectivity index (χ1n) is 33.6. The van der Waals surface area contributed by atoms with Gasteiger partial charge in [-0.15, -0.1) is 0 Å². The summed E-state index contributed by atoms with van der Waals surface area (Å²) < 4.78 is 0. The fourth-order valence-electron chi connectivity index (χ4n) is 18.3. The first-order valence-corrected chi connectivity index (χ1v) is 33.6. The minimum Gasteiger partial charge on any atom is -0.311 e. The highest BCUT2D eigenvalue weighted by molar-refractivity contribution is 7.00. The third kappa shape index (κ3) is 7.12. The van der Waals surface area contributed by atoms with Gasteiger partial charge in [0, 0.05) is 45.5 Å². The van der Waals surface area contributed by atoms with E-state index in [1.807, 2.05) is 0 Å². The second kappa shape index (κ2) is 20.1. The molecule has 0 amide bonds. The lowest BCUT2D eigenvalue weighted by Crippen LogP contribution is -2.61. The molecule has 96 heavy (non-hydrogen) atoms. The number of anilines is 9. The summed E-state index contributed by atoms with van der Waals surface area (Å²) in [6.45, 7) is -0.159. The number of rotatable bonds is 7. The smallest absolute Gasteiger partial charge is 0.252 e. The van der Waals surface area contributed by atoms with Crippen LogP contribution >= 0.6 is 0 Å². The molecule has 444 valence electrons. The van der Waals surface area contributed by atoms with Gasteiger partial charge in [-0.25, -0.2) is 0 Å². The van der Waals surface area contributed by atoms with Crippen LogP contribution in [-0.4, -0.2) is 6.71 Å². The van der Waals surface area contributed by atoms with Gasteiger partial charge in [-0.1, -0.05) is 279 Å². The van der Waals surface area contributed by atoms with Crippen LogP contribution in [0.5, 0.6) is 0 Å². The van der Waals surface area contributed by atoms with Crippen molar-refractivity contribution >= 4 is 74.3 Å². The minimum absolute atomic E-state index is 0.159. The molecule has 21 rings (SSSR count). The van der Waals surface area contributed by atoms with E-state index in [0.29, 0.717) is 0 Å². The fraction of sp³-hybridized carbons (Fsp3) is 0.0217. The topological polar surface area (TPSA) is 9.72 Å². The third-order valence-corrected chi connectivity index (χ3v) is 22.0. The average molecular weight is 1220 g/mol. The zero-order valence-electron chi connectivity index (χ0n) is 52.4. The molecule has 2 spiro atoms. The molecular formula is C92H58BN3. The lowest BCUT2D eigenvalue weighted by Gasteiger charge is -2.45. The van der Waals surface area contributed by atoms with E-state index in [2.05, 4.69) is 367 Å². The van der Waals surface area contributed by atoms with Crippen LogP contribution in [0.15, 0.2) is 352 Å². The van der Waals surface area contributed by atoms with Crippen molar-refractivity contribution in [3.8, 4) is 66.8 Å². The number of benzene rings is 15. The van der Waals surface area contributed by atoms with Crippen LogP contribution < -0.4 is 31.1 Å². The molecule has 0 fully saturated rings. The Bertz CT molecular complexity index is 5320. The summed E-state index contributed by atoms with van der Waals surface area (Å²) in [6.07, 6.45) is 0. The van der Waals surface area contributed by atoms with Gasteiger partial charge in [-0.05, 0) is 200 Å². The van der Waals surface area contributed by atoms with E-state index in [4.69, 9.17) is 0 Å². The molecule has 0 bridgehead atoms. The van der Waals surface area contributed by atoms with Gasteiger partial charge in [0.15, 0.2) is 0 Å². The van der Waals surface area contributed by atoms with Crippen molar-refractivity contribution in [1.29, 1.82) is 0 Å². The number of nitrogens with zero attached hydrogens (tertiary/aromatic N) is 3. The minimum atomic E-state index is -0.489. The number of hydrogen-bond donors (Lipinski definition) is 0. The molecule has 2 aliphatic heterocycles. The molecule has 0 radical (unpaired) electrons. The van der Waals surface area contributed by atoms with Crippen molar-refractivity contribution in [1.82, 2.24) is 0 Å². The molecule has 0 saturated carbocycles. The van der Waals surface area contributed by atoms with E-state index >= 15 is 0 Å². The Morgan fingerprint density at radius 1 is 0.219 bits per heavy atom. The van der Waals surface area contributed by atoms with Crippen LogP contribution in [0.3, 0.4) is 0 Å². The predicted octanol–water partition coefficient (Wildman–Crippen LogP) is 21.3. The van der Waals surface area contributed by atoms with Crippen LogP contribution in [0.1, 0.15) is 44.5 Å². The molecule has 0 N–H and O–H groups in total. The van der Waals surface area contributed by atoms with Crippen molar-refractivity contribution in [3.63, 3.8) is 0 Å². The molecular weight excluding hydrogens is 1160 g/mol. The Morgan fingerprint density at radius 3 is 0.875 bits per heavy atom. The quantitative estimate of drug-likeness (QED) is 0.147. The maximum absolute atomic E-state index is 2.64. The third-order valence-electron chi connectivity index (χ3n) is 22.0. The van der Waals surface area contributed by atoms with Crippen molar-refractivity contribution in [2.75, 3.05) is 14.7 Å². The second-order valence-corrected chi connectivity index (χ2v) is 26.5. The van der Waals surface area contributed by atoms with Crippen LogP contribution in [-0.2, 0) is 10.8 Å². The summed E-state index contributed by atoms with van der Waals surface area (Å²) in [7, 11) is 0. The summed E-state index contributed by atoms with van der Waals surface area (Å²) in [4.78, 5) is 7.74. The van der Waals surface area contributed by atoms with E-state index in [1.165, 1.54) is 128 Å². The van der Waals surface area contributed by atoms with Gasteiger partial charge in [0.05, 0.1) is 16.5 Å². The maximum atomic E-state index is 2.64. The van der Waals surface area contributed by atoms with E-state index in [-0.39, 0.29) is 6.71 Å². The molecule has 0 atom stereocenters. The largest absolute Gasteiger partial charge is 0.311 e. The van der Waals surface area contributed by atoms with Crippen LogP contribution in [0.4, 0.5) is 51.2 Å². The Balaban J connectivity index is 0.870. The molecule has 2 heterocycles. The fourth-order valence-corrected chi connectivity index (χ4v) is 18.3. The Kier molecular flexibility index (Phi) is 11.2. The van der Waals surface area contributed by atoms with Crippen molar-refractivity contribution in [2.24, 2.45) is 0 Å². The Labute approximate surface area is 559 Å². The van der Waals surface area contributed by atoms with Crippen LogP contribution in [0.2, 0.25) is 0 Å². The summed E-state index contributed by atoms with van der Waals surface area (Å²) in [6, 6.07) is 133. The molecule has 0 saturated heterocycles. The van der Waals surface area contributed by atoms with Gasteiger partial charge < -0.3 is 14.7 Å². The molecule has 3 nitrogen and oxygen atoms in total. The van der Waals surface area contributed by atoms with E-state index in [0.717, 1.165) is 51.2 Å². The Morgan fingerprint density at radius 2 is 0.521 bits per heavy atom. The van der Waals surface area contributed by atoms with Gasteiger partial charge in [-0.3, -0.25) is 0 Å². The summed E-state index contributed by atoms with van der Waals surface area (Å²) in [5.74, 6) is 0. The first-order chi connectivity index (χ1) is 47.6. The SMILES string of the molecule is c1ccc(-c2ccc3c(c2)N(c2ccc4c(c2)-c2ccccc2C42c4ccccc4-c4ccccc42)c2cc(N(c4ccccc4)c4ccccc4)cc4c2B3c2ccc(-c3ccccc3)cc2N4c2ccc3c(c2)-c2ccccc2C32c3ccccc3-c3ccccc32)cc1. The van der Waals surface area contributed by atoms with E-state index < -0.39 is 10.8 Å². The number of hydrogen-bond acceptors (Lipinski definition) is 3. The molecule has 0 aromatic heterocycles. The summed E-state index contributed by atoms with van der Waals surface area (Å²) in [5.41, 5.74) is 38.3. The summed E-state index contributed by atoms with van der Waals surface area (Å²) in [5, 5.41) is 0. The maximum Gasteiger partial charge on any atom is 0.252 e. The number of fused-ring (bicyclic) bond motifs is 24. The van der Waals surface area contributed by atoms with Crippen LogP contribution in [0, 0.1) is 0 Å². The van der Waals surface area contributed by atoms with E-state index in [9.17, 15) is 0 Å². The van der Waals surface area contributed by atoms with E-state index in [1.54, 1.807) is 0 Å².